The maximum atomic E-state index is 13.5. The van der Waals surface area contributed by atoms with Gasteiger partial charge in [-0.05, 0) is 46.6 Å². The van der Waals surface area contributed by atoms with Crippen LogP contribution in [0.5, 0.6) is 0 Å². The average Bonchev–Trinajstić information content (AvgIpc) is 2.81. The summed E-state index contributed by atoms with van der Waals surface area (Å²) in [6, 6.07) is 3.75. The Morgan fingerprint density at radius 2 is 2.05 bits per heavy atom. The molecular formula is C15H18BrF2N3. The summed E-state index contributed by atoms with van der Waals surface area (Å²) >= 11 is 3.50. The Labute approximate surface area is 131 Å². The molecule has 21 heavy (non-hydrogen) atoms. The van der Waals surface area contributed by atoms with E-state index in [-0.39, 0.29) is 6.04 Å². The van der Waals surface area contributed by atoms with Gasteiger partial charge in [0.25, 0.3) is 0 Å². The van der Waals surface area contributed by atoms with Crippen molar-refractivity contribution in [2.75, 3.05) is 6.54 Å². The summed E-state index contributed by atoms with van der Waals surface area (Å²) in [5.74, 6) is -1.68. The minimum absolute atomic E-state index is 0.242. The molecule has 0 spiro atoms. The van der Waals surface area contributed by atoms with Crippen molar-refractivity contribution in [3.8, 4) is 0 Å². The minimum atomic E-state index is -0.840. The molecule has 0 bridgehead atoms. The predicted molar refractivity (Wildman–Crippen MR) is 82.1 cm³/mol. The number of aryl methyl sites for hydroxylation is 1. The molecule has 0 saturated heterocycles. The van der Waals surface area contributed by atoms with Crippen molar-refractivity contribution in [2.24, 2.45) is 0 Å². The standard InChI is InChI=1S/C15H18BrF2N3/c1-3-7-21-15(11(16)9-20-21)14(19-4-2)10-5-6-12(17)13(18)8-10/h5-6,8-9,14,19H,3-4,7H2,1-2H3. The molecule has 1 heterocycles. The Bertz CT molecular complexity index is 613. The van der Waals surface area contributed by atoms with E-state index < -0.39 is 11.6 Å². The van der Waals surface area contributed by atoms with Gasteiger partial charge < -0.3 is 5.32 Å². The lowest BCUT2D eigenvalue weighted by molar-refractivity contribution is 0.495. The summed E-state index contributed by atoms with van der Waals surface area (Å²) < 4.78 is 29.4. The molecule has 1 atom stereocenters. The topological polar surface area (TPSA) is 29.9 Å². The first kappa shape index (κ1) is 16.1. The molecule has 0 amide bonds. The number of hydrogen-bond acceptors (Lipinski definition) is 2. The lowest BCUT2D eigenvalue weighted by atomic mass is 10.0. The maximum Gasteiger partial charge on any atom is 0.159 e. The molecular weight excluding hydrogens is 340 g/mol. The average molecular weight is 358 g/mol. The zero-order valence-electron chi connectivity index (χ0n) is 12.0. The highest BCUT2D eigenvalue weighted by atomic mass is 79.9. The van der Waals surface area contributed by atoms with Gasteiger partial charge in [-0.3, -0.25) is 4.68 Å². The zero-order valence-corrected chi connectivity index (χ0v) is 13.6. The van der Waals surface area contributed by atoms with Crippen LogP contribution in [-0.2, 0) is 6.54 Å². The SMILES string of the molecule is CCCn1ncc(Br)c1C(NCC)c1ccc(F)c(F)c1. The van der Waals surface area contributed by atoms with Crippen molar-refractivity contribution in [1.82, 2.24) is 15.1 Å². The quantitative estimate of drug-likeness (QED) is 0.845. The summed E-state index contributed by atoms with van der Waals surface area (Å²) in [5.41, 5.74) is 1.60. The van der Waals surface area contributed by atoms with Crippen LogP contribution in [0.25, 0.3) is 0 Å². The summed E-state index contributed by atoms with van der Waals surface area (Å²) in [6.07, 6.45) is 2.67. The summed E-state index contributed by atoms with van der Waals surface area (Å²) in [6.45, 7) is 5.51. The smallest absolute Gasteiger partial charge is 0.159 e. The van der Waals surface area contributed by atoms with Crippen LogP contribution in [0.1, 0.15) is 37.6 Å². The van der Waals surface area contributed by atoms with Crippen molar-refractivity contribution in [3.63, 3.8) is 0 Å². The number of halogens is 3. The highest BCUT2D eigenvalue weighted by Crippen LogP contribution is 2.29. The van der Waals surface area contributed by atoms with Crippen LogP contribution < -0.4 is 5.32 Å². The number of nitrogens with one attached hydrogen (secondary N) is 1. The molecule has 3 nitrogen and oxygen atoms in total. The Morgan fingerprint density at radius 3 is 2.67 bits per heavy atom. The molecule has 1 N–H and O–H groups in total. The van der Waals surface area contributed by atoms with Crippen molar-refractivity contribution in [1.29, 1.82) is 0 Å². The minimum Gasteiger partial charge on any atom is -0.305 e. The molecule has 2 aromatic rings. The van der Waals surface area contributed by atoms with Crippen LogP contribution in [-0.4, -0.2) is 16.3 Å². The van der Waals surface area contributed by atoms with Crippen LogP contribution in [0, 0.1) is 11.6 Å². The van der Waals surface area contributed by atoms with Crippen LogP contribution in [0.4, 0.5) is 8.78 Å². The van der Waals surface area contributed by atoms with E-state index in [0.717, 1.165) is 29.2 Å². The third-order valence-corrected chi connectivity index (χ3v) is 3.84. The van der Waals surface area contributed by atoms with E-state index in [1.807, 2.05) is 11.6 Å². The van der Waals surface area contributed by atoms with E-state index in [0.29, 0.717) is 12.1 Å². The predicted octanol–water partition coefficient (Wildman–Crippen LogP) is 4.03. The van der Waals surface area contributed by atoms with Gasteiger partial charge in [-0.15, -0.1) is 0 Å². The molecule has 0 aliphatic carbocycles. The molecule has 1 unspecified atom stereocenters. The van der Waals surface area contributed by atoms with Crippen molar-refractivity contribution in [2.45, 2.75) is 32.9 Å². The molecule has 0 aliphatic heterocycles. The first-order chi connectivity index (χ1) is 10.1. The van der Waals surface area contributed by atoms with Crippen LogP contribution >= 0.6 is 15.9 Å². The molecule has 2 rings (SSSR count). The van der Waals surface area contributed by atoms with Gasteiger partial charge in [0.2, 0.25) is 0 Å². The molecule has 1 aromatic heterocycles. The van der Waals surface area contributed by atoms with Crippen LogP contribution in [0.3, 0.4) is 0 Å². The normalized spacial score (nSPS) is 12.6. The summed E-state index contributed by atoms with van der Waals surface area (Å²) in [4.78, 5) is 0. The van der Waals surface area contributed by atoms with Gasteiger partial charge in [-0.25, -0.2) is 8.78 Å². The van der Waals surface area contributed by atoms with Crippen LogP contribution in [0.15, 0.2) is 28.9 Å². The van der Waals surface area contributed by atoms with E-state index in [2.05, 4.69) is 33.3 Å². The van der Waals surface area contributed by atoms with Crippen LogP contribution in [0.2, 0.25) is 0 Å². The van der Waals surface area contributed by atoms with Crippen molar-refractivity contribution >= 4 is 15.9 Å². The van der Waals surface area contributed by atoms with E-state index in [1.165, 1.54) is 6.07 Å². The highest BCUT2D eigenvalue weighted by Gasteiger charge is 2.22. The molecule has 0 radical (unpaired) electrons. The van der Waals surface area contributed by atoms with E-state index in [1.54, 1.807) is 12.3 Å². The van der Waals surface area contributed by atoms with Crippen molar-refractivity contribution < 1.29 is 8.78 Å². The summed E-state index contributed by atoms with van der Waals surface area (Å²) in [5, 5.41) is 7.64. The Balaban J connectivity index is 2.47. The second-order valence-electron chi connectivity index (χ2n) is 4.77. The largest absolute Gasteiger partial charge is 0.305 e. The molecule has 1 aromatic carbocycles. The fourth-order valence-electron chi connectivity index (χ4n) is 2.32. The molecule has 114 valence electrons. The van der Waals surface area contributed by atoms with Crippen molar-refractivity contribution in [3.05, 3.63) is 51.8 Å². The van der Waals surface area contributed by atoms with Gasteiger partial charge in [-0.1, -0.05) is 19.9 Å². The van der Waals surface area contributed by atoms with E-state index in [9.17, 15) is 8.78 Å². The van der Waals surface area contributed by atoms with Gasteiger partial charge in [0, 0.05) is 6.54 Å². The van der Waals surface area contributed by atoms with E-state index in [4.69, 9.17) is 0 Å². The number of rotatable bonds is 6. The second-order valence-corrected chi connectivity index (χ2v) is 5.62. The monoisotopic (exact) mass is 357 g/mol. The van der Waals surface area contributed by atoms with Gasteiger partial charge >= 0.3 is 0 Å². The third-order valence-electron chi connectivity index (χ3n) is 3.23. The number of hydrogen-bond donors (Lipinski definition) is 1. The third kappa shape index (κ3) is 3.49. The first-order valence-corrected chi connectivity index (χ1v) is 7.77. The lowest BCUT2D eigenvalue weighted by Gasteiger charge is -2.21. The Morgan fingerprint density at radius 1 is 1.29 bits per heavy atom. The molecule has 0 fully saturated rings. The highest BCUT2D eigenvalue weighted by molar-refractivity contribution is 9.10. The number of aromatic nitrogens is 2. The zero-order chi connectivity index (χ0) is 15.4. The molecule has 0 saturated carbocycles. The fourth-order valence-corrected chi connectivity index (χ4v) is 2.84. The van der Waals surface area contributed by atoms with Gasteiger partial charge in [-0.2, -0.15) is 5.10 Å². The second kappa shape index (κ2) is 7.13. The summed E-state index contributed by atoms with van der Waals surface area (Å²) in [7, 11) is 0. The van der Waals surface area contributed by atoms with E-state index >= 15 is 0 Å². The number of benzene rings is 1. The Hall–Kier alpha value is -1.27. The number of nitrogens with zero attached hydrogens (tertiary/aromatic N) is 2. The Kier molecular flexibility index (Phi) is 5.47. The van der Waals surface area contributed by atoms with Gasteiger partial charge in [0.15, 0.2) is 11.6 Å². The molecule has 0 aliphatic rings. The first-order valence-electron chi connectivity index (χ1n) is 6.98. The lowest BCUT2D eigenvalue weighted by Crippen LogP contribution is -2.25. The molecule has 6 heteroatoms. The van der Waals surface area contributed by atoms with Gasteiger partial charge in [0.05, 0.1) is 22.4 Å². The maximum absolute atomic E-state index is 13.5. The van der Waals surface area contributed by atoms with Gasteiger partial charge in [0.1, 0.15) is 0 Å². The fraction of sp³-hybridized carbons (Fsp3) is 0.400.